The summed E-state index contributed by atoms with van der Waals surface area (Å²) in [6.45, 7) is 1.84. The zero-order valence-electron chi connectivity index (χ0n) is 12.9. The highest BCUT2D eigenvalue weighted by Crippen LogP contribution is 2.29. The van der Waals surface area contributed by atoms with Gasteiger partial charge in [0.25, 0.3) is 16.0 Å². The molecule has 1 heterocycles. The Morgan fingerprint density at radius 1 is 1.12 bits per heavy atom. The highest BCUT2D eigenvalue weighted by Gasteiger charge is 2.29. The second-order valence-corrected chi connectivity index (χ2v) is 7.01. The van der Waals surface area contributed by atoms with Crippen molar-refractivity contribution < 1.29 is 17.4 Å². The number of fused-ring (bicyclic) bond motifs is 1. The van der Waals surface area contributed by atoms with Crippen molar-refractivity contribution in [2.45, 2.75) is 17.9 Å². The van der Waals surface area contributed by atoms with Crippen LogP contribution < -0.4 is 5.73 Å². The Morgan fingerprint density at radius 2 is 1.79 bits per heavy atom. The Morgan fingerprint density at radius 3 is 2.46 bits per heavy atom. The number of carbonyl (C=O) groups excluding carboxylic acids is 1. The fourth-order valence-corrected chi connectivity index (χ4v) is 3.48. The molecule has 0 unspecified atom stereocenters. The van der Waals surface area contributed by atoms with Crippen LogP contribution >= 0.6 is 0 Å². The van der Waals surface area contributed by atoms with Gasteiger partial charge >= 0.3 is 0 Å². The Labute approximate surface area is 139 Å². The van der Waals surface area contributed by atoms with Gasteiger partial charge in [-0.15, -0.1) is 0 Å². The fraction of sp³-hybridized carbons (Fsp3) is 0.118. The van der Waals surface area contributed by atoms with E-state index in [9.17, 15) is 13.2 Å². The van der Waals surface area contributed by atoms with Crippen LogP contribution in [0.15, 0.2) is 59.6 Å². The molecule has 1 atom stereocenters. The van der Waals surface area contributed by atoms with Gasteiger partial charge in [-0.2, -0.15) is 8.42 Å². The summed E-state index contributed by atoms with van der Waals surface area (Å²) < 4.78 is 30.1. The van der Waals surface area contributed by atoms with Crippen LogP contribution in [0.4, 0.5) is 0 Å². The summed E-state index contributed by atoms with van der Waals surface area (Å²) >= 11 is 0. The second-order valence-electron chi connectivity index (χ2n) is 5.44. The zero-order chi connectivity index (χ0) is 17.3. The molecule has 24 heavy (non-hydrogen) atoms. The molecule has 0 aliphatic carbocycles. The number of aromatic amines is 1. The van der Waals surface area contributed by atoms with E-state index in [-0.39, 0.29) is 4.90 Å². The average Bonchev–Trinajstić information content (AvgIpc) is 2.96. The van der Waals surface area contributed by atoms with Crippen LogP contribution in [0.5, 0.6) is 0 Å². The molecule has 0 aliphatic rings. The summed E-state index contributed by atoms with van der Waals surface area (Å²) in [6, 6.07) is 13.3. The van der Waals surface area contributed by atoms with Crippen molar-refractivity contribution in [3.8, 4) is 0 Å². The van der Waals surface area contributed by atoms with E-state index in [1.165, 1.54) is 18.3 Å². The van der Waals surface area contributed by atoms with Crippen molar-refractivity contribution in [3.63, 3.8) is 0 Å². The highest BCUT2D eigenvalue weighted by atomic mass is 32.2. The van der Waals surface area contributed by atoms with Gasteiger partial charge in [-0.1, -0.05) is 35.9 Å². The van der Waals surface area contributed by atoms with Crippen molar-refractivity contribution in [3.05, 3.63) is 65.9 Å². The largest absolute Gasteiger partial charge is 0.367 e. The maximum Gasteiger partial charge on any atom is 0.298 e. The fourth-order valence-electron chi connectivity index (χ4n) is 2.45. The molecule has 3 N–H and O–H groups in total. The predicted octanol–water partition coefficient (Wildman–Crippen LogP) is 2.41. The average molecular weight is 344 g/mol. The maximum atomic E-state index is 12.4. The number of nitrogens with one attached hydrogen (secondary N) is 1. The Hall–Kier alpha value is -2.64. The lowest BCUT2D eigenvalue weighted by Crippen LogP contribution is -2.26. The van der Waals surface area contributed by atoms with E-state index in [2.05, 4.69) is 4.98 Å². The number of hydrogen-bond acceptors (Lipinski definition) is 4. The van der Waals surface area contributed by atoms with Gasteiger partial charge in [0, 0.05) is 22.7 Å². The third kappa shape index (κ3) is 3.04. The molecule has 0 radical (unpaired) electrons. The van der Waals surface area contributed by atoms with Crippen LogP contribution in [-0.4, -0.2) is 19.3 Å². The van der Waals surface area contributed by atoms with Gasteiger partial charge in [0.15, 0.2) is 6.10 Å². The number of rotatable bonds is 5. The number of aromatic nitrogens is 1. The molecule has 0 saturated heterocycles. The highest BCUT2D eigenvalue weighted by molar-refractivity contribution is 7.86. The summed E-state index contributed by atoms with van der Waals surface area (Å²) in [5.74, 6) is -0.879. The number of nitrogens with two attached hydrogens (primary N) is 1. The standard InChI is InChI=1S/C17H16N2O4S/c1-11-6-8-12(9-7-11)24(21,22)23-16(17(18)20)14-10-19-15-5-3-2-4-13(14)15/h2-10,16,19H,1H3,(H2,18,20)/t16-/m1/s1. The van der Waals surface area contributed by atoms with Crippen LogP contribution in [0, 0.1) is 6.92 Å². The molecule has 3 rings (SSSR count). The Balaban J connectivity index is 2.00. The summed E-state index contributed by atoms with van der Waals surface area (Å²) in [6.07, 6.45) is 0.123. The van der Waals surface area contributed by atoms with Crippen molar-refractivity contribution in [2.24, 2.45) is 5.73 Å². The summed E-state index contributed by atoms with van der Waals surface area (Å²) in [5.41, 5.74) is 7.44. The lowest BCUT2D eigenvalue weighted by Gasteiger charge is -2.14. The van der Waals surface area contributed by atoms with Gasteiger partial charge in [-0.3, -0.25) is 4.79 Å². The first-order valence-electron chi connectivity index (χ1n) is 7.24. The van der Waals surface area contributed by atoms with E-state index < -0.39 is 22.1 Å². The molecule has 0 spiro atoms. The first-order valence-corrected chi connectivity index (χ1v) is 8.64. The van der Waals surface area contributed by atoms with Crippen molar-refractivity contribution in [1.29, 1.82) is 0 Å². The lowest BCUT2D eigenvalue weighted by atomic mass is 10.1. The molecular formula is C17H16N2O4S. The molecular weight excluding hydrogens is 328 g/mol. The van der Waals surface area contributed by atoms with E-state index >= 15 is 0 Å². The van der Waals surface area contributed by atoms with Gasteiger partial charge in [0.2, 0.25) is 0 Å². The predicted molar refractivity (Wildman–Crippen MR) is 89.7 cm³/mol. The topological polar surface area (TPSA) is 102 Å². The molecule has 1 amide bonds. The Bertz CT molecular complexity index is 991. The first kappa shape index (κ1) is 16.2. The van der Waals surface area contributed by atoms with E-state index in [0.717, 1.165) is 11.1 Å². The van der Waals surface area contributed by atoms with Crippen LogP contribution in [0.3, 0.4) is 0 Å². The zero-order valence-corrected chi connectivity index (χ0v) is 13.7. The minimum Gasteiger partial charge on any atom is -0.367 e. The number of aryl methyl sites for hydroxylation is 1. The molecule has 1 aromatic heterocycles. The molecule has 6 nitrogen and oxygen atoms in total. The molecule has 124 valence electrons. The summed E-state index contributed by atoms with van der Waals surface area (Å²) in [5, 5.41) is 0.681. The third-order valence-electron chi connectivity index (χ3n) is 3.69. The van der Waals surface area contributed by atoms with E-state index in [4.69, 9.17) is 9.92 Å². The van der Waals surface area contributed by atoms with E-state index in [1.807, 2.05) is 19.1 Å². The quantitative estimate of drug-likeness (QED) is 0.694. The van der Waals surface area contributed by atoms with Crippen molar-refractivity contribution in [2.75, 3.05) is 0 Å². The van der Waals surface area contributed by atoms with Gasteiger partial charge in [0.05, 0.1) is 4.90 Å². The lowest BCUT2D eigenvalue weighted by molar-refractivity contribution is -0.124. The summed E-state index contributed by atoms with van der Waals surface area (Å²) in [4.78, 5) is 14.8. The number of H-pyrrole nitrogens is 1. The Kier molecular flexibility index (Phi) is 4.13. The normalized spacial score (nSPS) is 13.0. The van der Waals surface area contributed by atoms with Gasteiger partial charge in [-0.05, 0) is 25.1 Å². The number of para-hydroxylation sites is 1. The van der Waals surface area contributed by atoms with E-state index in [0.29, 0.717) is 10.9 Å². The maximum absolute atomic E-state index is 12.4. The smallest absolute Gasteiger partial charge is 0.298 e. The number of carbonyl (C=O) groups is 1. The van der Waals surface area contributed by atoms with Crippen molar-refractivity contribution in [1.82, 2.24) is 4.98 Å². The minimum absolute atomic E-state index is 0.0285. The molecule has 0 saturated carbocycles. The SMILES string of the molecule is Cc1ccc(S(=O)(=O)O[C@@H](C(N)=O)c2c[nH]c3ccccc23)cc1. The monoisotopic (exact) mass is 344 g/mol. The molecule has 2 aromatic carbocycles. The molecule has 3 aromatic rings. The van der Waals surface area contributed by atoms with Gasteiger partial charge in [0.1, 0.15) is 0 Å². The number of hydrogen-bond donors (Lipinski definition) is 2. The van der Waals surface area contributed by atoms with Crippen LogP contribution in [0.2, 0.25) is 0 Å². The summed E-state index contributed by atoms with van der Waals surface area (Å²) in [7, 11) is -4.13. The number of primary amides is 1. The van der Waals surface area contributed by atoms with Crippen LogP contribution in [0.25, 0.3) is 10.9 Å². The first-order chi connectivity index (χ1) is 11.4. The van der Waals surface area contributed by atoms with E-state index in [1.54, 1.807) is 24.3 Å². The van der Waals surface area contributed by atoms with Crippen LogP contribution in [-0.2, 0) is 19.1 Å². The number of amides is 1. The minimum atomic E-state index is -4.13. The van der Waals surface area contributed by atoms with Gasteiger partial charge < -0.3 is 10.7 Å². The molecule has 0 fully saturated rings. The molecule has 0 aliphatic heterocycles. The molecule has 0 bridgehead atoms. The molecule has 7 heteroatoms. The number of benzene rings is 2. The van der Waals surface area contributed by atoms with Crippen LogP contribution in [0.1, 0.15) is 17.2 Å². The van der Waals surface area contributed by atoms with Crippen molar-refractivity contribution >= 4 is 26.9 Å². The third-order valence-corrected chi connectivity index (χ3v) is 4.99. The second kappa shape index (κ2) is 6.10. The van der Waals surface area contributed by atoms with Gasteiger partial charge in [-0.25, -0.2) is 4.18 Å².